The number of aryl methyl sites for hydroxylation is 1. The van der Waals surface area contributed by atoms with E-state index in [2.05, 4.69) is 5.32 Å². The Morgan fingerprint density at radius 3 is 2.68 bits per heavy atom. The minimum Gasteiger partial charge on any atom is -0.465 e. The maximum atomic E-state index is 13.4. The summed E-state index contributed by atoms with van der Waals surface area (Å²) in [7, 11) is -3.79. The molecule has 2 N–H and O–H groups in total. The summed E-state index contributed by atoms with van der Waals surface area (Å²) in [6, 6.07) is 9.83. The number of hydrogen-bond acceptors (Lipinski definition) is 3. The second kappa shape index (κ2) is 6.84. The second-order valence-electron chi connectivity index (χ2n) is 6.10. The lowest BCUT2D eigenvalue weighted by Gasteiger charge is -2.26. The molecule has 0 spiro atoms. The Bertz CT molecular complexity index is 911. The Morgan fingerprint density at radius 2 is 1.96 bits per heavy atom. The number of halogens is 1. The maximum Gasteiger partial charge on any atom is 0.404 e. The van der Waals surface area contributed by atoms with E-state index in [1.807, 2.05) is 0 Å². The zero-order valence-electron chi connectivity index (χ0n) is 13.4. The van der Waals surface area contributed by atoms with Gasteiger partial charge in [0, 0.05) is 12.5 Å². The molecule has 0 radical (unpaired) electrons. The zero-order chi connectivity index (χ0) is 18.0. The fourth-order valence-electron chi connectivity index (χ4n) is 3.25. The molecule has 2 aromatic rings. The van der Waals surface area contributed by atoms with Gasteiger partial charge in [-0.3, -0.25) is 0 Å². The van der Waals surface area contributed by atoms with Gasteiger partial charge in [0.15, 0.2) is 0 Å². The first-order valence-corrected chi connectivity index (χ1v) is 9.46. The van der Waals surface area contributed by atoms with Gasteiger partial charge in [0.1, 0.15) is 5.82 Å². The number of fused-ring (bicyclic) bond motifs is 1. The minimum absolute atomic E-state index is 0.0331. The molecule has 0 aromatic heterocycles. The van der Waals surface area contributed by atoms with E-state index in [0.717, 1.165) is 36.5 Å². The molecule has 5 nitrogen and oxygen atoms in total. The van der Waals surface area contributed by atoms with Crippen LogP contribution in [-0.2, 0) is 16.3 Å². The summed E-state index contributed by atoms with van der Waals surface area (Å²) in [4.78, 5) is 10.8. The molecule has 1 amide bonds. The van der Waals surface area contributed by atoms with Crippen molar-refractivity contribution in [3.05, 3.63) is 59.4 Å². The lowest BCUT2D eigenvalue weighted by atomic mass is 9.83. The summed E-state index contributed by atoms with van der Waals surface area (Å²) in [5.41, 5.74) is 1.87. The highest BCUT2D eigenvalue weighted by Gasteiger charge is 2.24. The van der Waals surface area contributed by atoms with Crippen LogP contribution in [0.3, 0.4) is 0 Å². The van der Waals surface area contributed by atoms with Gasteiger partial charge >= 0.3 is 6.09 Å². The third-order valence-corrected chi connectivity index (χ3v) is 6.22. The van der Waals surface area contributed by atoms with Gasteiger partial charge in [0.2, 0.25) is 9.84 Å². The summed E-state index contributed by atoms with van der Waals surface area (Å²) >= 11 is 0. The Morgan fingerprint density at radius 1 is 1.20 bits per heavy atom. The van der Waals surface area contributed by atoms with Crippen LogP contribution in [0.25, 0.3) is 0 Å². The number of amides is 1. The summed E-state index contributed by atoms with van der Waals surface area (Å²) in [6.45, 7) is 0.304. The summed E-state index contributed by atoms with van der Waals surface area (Å²) in [5, 5.41) is 11.2. The summed E-state index contributed by atoms with van der Waals surface area (Å²) in [5.74, 6) is -0.565. The van der Waals surface area contributed by atoms with Crippen LogP contribution >= 0.6 is 0 Å². The molecule has 132 valence electrons. The molecule has 25 heavy (non-hydrogen) atoms. The summed E-state index contributed by atoms with van der Waals surface area (Å²) in [6.07, 6.45) is 1.38. The van der Waals surface area contributed by atoms with Crippen LogP contribution in [0.5, 0.6) is 0 Å². The number of benzene rings is 2. The van der Waals surface area contributed by atoms with Gasteiger partial charge in [-0.25, -0.2) is 17.6 Å². The number of rotatable bonds is 4. The second-order valence-corrected chi connectivity index (χ2v) is 8.05. The van der Waals surface area contributed by atoms with Crippen molar-refractivity contribution in [1.29, 1.82) is 0 Å². The van der Waals surface area contributed by atoms with Gasteiger partial charge in [-0.05, 0) is 60.7 Å². The highest BCUT2D eigenvalue weighted by molar-refractivity contribution is 7.91. The van der Waals surface area contributed by atoms with Crippen molar-refractivity contribution in [1.82, 2.24) is 5.32 Å². The Labute approximate surface area is 145 Å². The highest BCUT2D eigenvalue weighted by atomic mass is 32.2. The fourth-order valence-corrected chi connectivity index (χ4v) is 4.59. The summed E-state index contributed by atoms with van der Waals surface area (Å²) < 4.78 is 38.8. The molecule has 3 rings (SSSR count). The predicted molar refractivity (Wildman–Crippen MR) is 90.0 cm³/mol. The van der Waals surface area contributed by atoms with Gasteiger partial charge in [-0.2, -0.15) is 0 Å². The molecule has 1 aliphatic rings. The van der Waals surface area contributed by atoms with Crippen molar-refractivity contribution in [2.75, 3.05) is 6.54 Å². The van der Waals surface area contributed by atoms with Crippen molar-refractivity contribution in [2.45, 2.75) is 35.0 Å². The van der Waals surface area contributed by atoms with Gasteiger partial charge in [-0.1, -0.05) is 12.1 Å². The van der Waals surface area contributed by atoms with Crippen LogP contribution in [0.4, 0.5) is 9.18 Å². The maximum absolute atomic E-state index is 13.4. The van der Waals surface area contributed by atoms with Crippen LogP contribution in [0.15, 0.2) is 52.3 Å². The molecule has 0 unspecified atom stereocenters. The van der Waals surface area contributed by atoms with Crippen molar-refractivity contribution in [3.63, 3.8) is 0 Å². The van der Waals surface area contributed by atoms with Gasteiger partial charge < -0.3 is 10.4 Å². The van der Waals surface area contributed by atoms with E-state index in [4.69, 9.17) is 5.11 Å². The molecule has 0 aliphatic heterocycles. The quantitative estimate of drug-likeness (QED) is 0.873. The van der Waals surface area contributed by atoms with E-state index in [1.165, 1.54) is 24.3 Å². The molecule has 0 saturated carbocycles. The molecule has 1 aliphatic carbocycles. The van der Waals surface area contributed by atoms with Crippen LogP contribution in [0.1, 0.15) is 29.9 Å². The fraction of sp³-hybridized carbons (Fsp3) is 0.278. The van der Waals surface area contributed by atoms with Gasteiger partial charge in [0.05, 0.1) is 9.79 Å². The van der Waals surface area contributed by atoms with Crippen LogP contribution in [0, 0.1) is 5.82 Å². The van der Waals surface area contributed by atoms with E-state index in [-0.39, 0.29) is 15.7 Å². The van der Waals surface area contributed by atoms with E-state index in [9.17, 15) is 17.6 Å². The van der Waals surface area contributed by atoms with Gasteiger partial charge in [-0.15, -0.1) is 0 Å². The highest BCUT2D eigenvalue weighted by Crippen LogP contribution is 2.34. The lowest BCUT2D eigenvalue weighted by molar-refractivity contribution is 0.193. The molecular formula is C18H18FNO4S. The molecule has 0 bridgehead atoms. The van der Waals surface area contributed by atoms with Crippen LogP contribution < -0.4 is 5.32 Å². The molecule has 0 fully saturated rings. The van der Waals surface area contributed by atoms with Crippen LogP contribution in [-0.4, -0.2) is 26.2 Å². The monoisotopic (exact) mass is 363 g/mol. The van der Waals surface area contributed by atoms with Crippen molar-refractivity contribution in [3.8, 4) is 0 Å². The SMILES string of the molecule is O=C(O)NC[C@@H]1CCCc2cc(S(=O)(=O)c3cccc(F)c3)ccc21. The standard InChI is InChI=1S/C18H18FNO4S/c19-14-5-2-6-15(10-14)25(23,24)16-7-8-17-12(9-16)3-1-4-13(17)11-20-18(21)22/h2,5-10,13,20H,1,3-4,11H2,(H,21,22)/t13-/m0/s1. The topological polar surface area (TPSA) is 83.5 Å². The van der Waals surface area contributed by atoms with Crippen molar-refractivity contribution < 1.29 is 22.7 Å². The zero-order valence-corrected chi connectivity index (χ0v) is 14.2. The smallest absolute Gasteiger partial charge is 0.404 e. The molecule has 2 aromatic carbocycles. The number of carboxylic acid groups (broad SMARTS) is 1. The average Bonchev–Trinajstić information content (AvgIpc) is 2.59. The average molecular weight is 363 g/mol. The number of sulfone groups is 1. The largest absolute Gasteiger partial charge is 0.465 e. The van der Waals surface area contributed by atoms with Gasteiger partial charge in [0.25, 0.3) is 0 Å². The van der Waals surface area contributed by atoms with E-state index >= 15 is 0 Å². The third kappa shape index (κ3) is 3.66. The minimum atomic E-state index is -3.79. The molecule has 0 saturated heterocycles. The first-order chi connectivity index (χ1) is 11.9. The van der Waals surface area contributed by atoms with Crippen molar-refractivity contribution >= 4 is 15.9 Å². The Balaban J connectivity index is 1.94. The molecule has 7 heteroatoms. The lowest BCUT2D eigenvalue weighted by Crippen LogP contribution is -2.28. The van der Waals surface area contributed by atoms with E-state index < -0.39 is 21.7 Å². The number of nitrogens with one attached hydrogen (secondary N) is 1. The number of carbonyl (C=O) groups is 1. The first-order valence-electron chi connectivity index (χ1n) is 7.98. The molecule has 1 atom stereocenters. The predicted octanol–water partition coefficient (Wildman–Crippen LogP) is 3.35. The Hall–Kier alpha value is -2.41. The van der Waals surface area contributed by atoms with E-state index in [0.29, 0.717) is 6.54 Å². The van der Waals surface area contributed by atoms with E-state index in [1.54, 1.807) is 12.1 Å². The first kappa shape index (κ1) is 17.4. The molecule has 0 heterocycles. The normalized spacial score (nSPS) is 16.9. The number of hydrogen-bond donors (Lipinski definition) is 2. The van der Waals surface area contributed by atoms with Crippen molar-refractivity contribution in [2.24, 2.45) is 0 Å². The third-order valence-electron chi connectivity index (χ3n) is 4.47. The Kier molecular flexibility index (Phi) is 4.76. The van der Waals surface area contributed by atoms with Crippen LogP contribution in [0.2, 0.25) is 0 Å². The molecular weight excluding hydrogens is 345 g/mol.